The molecule has 0 aromatic rings. The van der Waals surface area contributed by atoms with Crippen LogP contribution in [-0.2, 0) is 9.47 Å². The Hall–Kier alpha value is -0.0800. The standard InChI is InChI=1S/C12H26O2/c1-5-7-9-12(8-6-2,10-13-3)11-14-4/h5-11H2,1-4H3. The van der Waals surface area contributed by atoms with Crippen LogP contribution in [0, 0.1) is 5.41 Å². The minimum atomic E-state index is 0.258. The summed E-state index contributed by atoms with van der Waals surface area (Å²) in [4.78, 5) is 0. The van der Waals surface area contributed by atoms with Crippen molar-refractivity contribution in [2.75, 3.05) is 27.4 Å². The average molecular weight is 202 g/mol. The van der Waals surface area contributed by atoms with E-state index in [1.165, 1.54) is 32.1 Å². The van der Waals surface area contributed by atoms with Crippen LogP contribution in [0.5, 0.6) is 0 Å². The van der Waals surface area contributed by atoms with Gasteiger partial charge in [0.25, 0.3) is 0 Å². The molecule has 0 spiro atoms. The van der Waals surface area contributed by atoms with Crippen LogP contribution in [0.25, 0.3) is 0 Å². The van der Waals surface area contributed by atoms with Crippen molar-refractivity contribution in [1.82, 2.24) is 0 Å². The summed E-state index contributed by atoms with van der Waals surface area (Å²) in [7, 11) is 3.57. The van der Waals surface area contributed by atoms with Gasteiger partial charge in [0.2, 0.25) is 0 Å². The zero-order chi connectivity index (χ0) is 10.9. The first-order valence-electron chi connectivity index (χ1n) is 5.72. The SMILES string of the molecule is CCCCC(CCC)(COC)COC. The van der Waals surface area contributed by atoms with E-state index in [1.807, 2.05) is 0 Å². The molecule has 0 amide bonds. The predicted octanol–water partition coefficient (Wildman–Crippen LogP) is 3.26. The van der Waals surface area contributed by atoms with E-state index in [9.17, 15) is 0 Å². The van der Waals surface area contributed by atoms with Gasteiger partial charge in [0.15, 0.2) is 0 Å². The molecule has 2 heteroatoms. The summed E-state index contributed by atoms with van der Waals surface area (Å²) in [6, 6.07) is 0. The first kappa shape index (κ1) is 13.9. The van der Waals surface area contributed by atoms with Crippen molar-refractivity contribution in [2.24, 2.45) is 5.41 Å². The van der Waals surface area contributed by atoms with E-state index in [0.29, 0.717) is 0 Å². The Morgan fingerprint density at radius 1 is 0.857 bits per heavy atom. The lowest BCUT2D eigenvalue weighted by Gasteiger charge is -2.32. The van der Waals surface area contributed by atoms with Crippen LogP contribution in [-0.4, -0.2) is 27.4 Å². The summed E-state index contributed by atoms with van der Waals surface area (Å²) in [5.41, 5.74) is 0.258. The summed E-state index contributed by atoms with van der Waals surface area (Å²) in [6.07, 6.45) is 6.15. The summed E-state index contributed by atoms with van der Waals surface area (Å²) >= 11 is 0. The van der Waals surface area contributed by atoms with Gasteiger partial charge in [-0.15, -0.1) is 0 Å². The Bertz CT molecular complexity index is 106. The average Bonchev–Trinajstić information content (AvgIpc) is 2.16. The number of rotatable bonds is 9. The molecule has 0 saturated carbocycles. The van der Waals surface area contributed by atoms with Crippen LogP contribution in [0.3, 0.4) is 0 Å². The Balaban J connectivity index is 4.21. The highest BCUT2D eigenvalue weighted by Crippen LogP contribution is 2.31. The molecule has 2 nitrogen and oxygen atoms in total. The molecule has 0 aliphatic carbocycles. The third-order valence-electron chi connectivity index (χ3n) is 2.74. The maximum atomic E-state index is 5.33. The van der Waals surface area contributed by atoms with Crippen molar-refractivity contribution in [3.8, 4) is 0 Å². The fourth-order valence-electron chi connectivity index (χ4n) is 2.15. The second-order valence-corrected chi connectivity index (χ2v) is 4.22. The van der Waals surface area contributed by atoms with E-state index in [2.05, 4.69) is 13.8 Å². The molecule has 0 aromatic heterocycles. The third-order valence-corrected chi connectivity index (χ3v) is 2.74. The van der Waals surface area contributed by atoms with Gasteiger partial charge in [-0.3, -0.25) is 0 Å². The van der Waals surface area contributed by atoms with Gasteiger partial charge in [0.05, 0.1) is 13.2 Å². The van der Waals surface area contributed by atoms with E-state index in [4.69, 9.17) is 9.47 Å². The Labute approximate surface area is 89.0 Å². The van der Waals surface area contributed by atoms with Crippen molar-refractivity contribution < 1.29 is 9.47 Å². The number of hydrogen-bond acceptors (Lipinski definition) is 2. The highest BCUT2D eigenvalue weighted by atomic mass is 16.5. The molecule has 0 saturated heterocycles. The molecule has 0 heterocycles. The lowest BCUT2D eigenvalue weighted by molar-refractivity contribution is -0.00309. The zero-order valence-electron chi connectivity index (χ0n) is 10.3. The Kier molecular flexibility index (Phi) is 8.20. The second kappa shape index (κ2) is 8.25. The van der Waals surface area contributed by atoms with Crippen molar-refractivity contribution in [3.63, 3.8) is 0 Å². The number of unbranched alkanes of at least 4 members (excludes halogenated alkanes) is 1. The molecule has 14 heavy (non-hydrogen) atoms. The smallest absolute Gasteiger partial charge is 0.0540 e. The monoisotopic (exact) mass is 202 g/mol. The fourth-order valence-corrected chi connectivity index (χ4v) is 2.15. The molecule has 0 aliphatic heterocycles. The van der Waals surface area contributed by atoms with E-state index in [-0.39, 0.29) is 5.41 Å². The minimum absolute atomic E-state index is 0.258. The van der Waals surface area contributed by atoms with E-state index in [0.717, 1.165) is 13.2 Å². The Morgan fingerprint density at radius 3 is 1.79 bits per heavy atom. The first-order chi connectivity index (χ1) is 6.74. The predicted molar refractivity (Wildman–Crippen MR) is 60.6 cm³/mol. The molecule has 0 bridgehead atoms. The van der Waals surface area contributed by atoms with Gasteiger partial charge in [-0.2, -0.15) is 0 Å². The fraction of sp³-hybridized carbons (Fsp3) is 1.00. The molecule has 0 aromatic carbocycles. The van der Waals surface area contributed by atoms with Gasteiger partial charge in [0.1, 0.15) is 0 Å². The van der Waals surface area contributed by atoms with Crippen molar-refractivity contribution in [3.05, 3.63) is 0 Å². The summed E-state index contributed by atoms with van der Waals surface area (Å²) in [6.45, 7) is 6.12. The quantitative estimate of drug-likeness (QED) is 0.571. The molecule has 0 unspecified atom stereocenters. The number of hydrogen-bond donors (Lipinski definition) is 0. The molecule has 0 N–H and O–H groups in total. The first-order valence-corrected chi connectivity index (χ1v) is 5.72. The van der Waals surface area contributed by atoms with Gasteiger partial charge < -0.3 is 9.47 Å². The molecular formula is C12H26O2. The van der Waals surface area contributed by atoms with Crippen LogP contribution in [0.4, 0.5) is 0 Å². The lowest BCUT2D eigenvalue weighted by Crippen LogP contribution is -2.31. The van der Waals surface area contributed by atoms with Gasteiger partial charge in [-0.1, -0.05) is 33.1 Å². The molecule has 0 radical (unpaired) electrons. The number of ether oxygens (including phenoxy) is 2. The summed E-state index contributed by atoms with van der Waals surface area (Å²) in [5.74, 6) is 0. The van der Waals surface area contributed by atoms with Gasteiger partial charge >= 0.3 is 0 Å². The molecule has 86 valence electrons. The van der Waals surface area contributed by atoms with E-state index in [1.54, 1.807) is 14.2 Å². The second-order valence-electron chi connectivity index (χ2n) is 4.22. The van der Waals surface area contributed by atoms with E-state index < -0.39 is 0 Å². The number of methoxy groups -OCH3 is 2. The van der Waals surface area contributed by atoms with Crippen molar-refractivity contribution in [1.29, 1.82) is 0 Å². The van der Waals surface area contributed by atoms with E-state index >= 15 is 0 Å². The zero-order valence-corrected chi connectivity index (χ0v) is 10.3. The van der Waals surface area contributed by atoms with Crippen LogP contribution in [0.15, 0.2) is 0 Å². The molecule has 0 rings (SSSR count). The topological polar surface area (TPSA) is 18.5 Å². The molecule has 0 atom stereocenters. The van der Waals surface area contributed by atoms with Crippen molar-refractivity contribution >= 4 is 0 Å². The molecule has 0 aliphatic rings. The molecular weight excluding hydrogens is 176 g/mol. The molecule has 0 fully saturated rings. The van der Waals surface area contributed by atoms with Crippen LogP contribution in [0.1, 0.15) is 46.0 Å². The van der Waals surface area contributed by atoms with Gasteiger partial charge in [-0.05, 0) is 12.8 Å². The van der Waals surface area contributed by atoms with Gasteiger partial charge in [0, 0.05) is 19.6 Å². The van der Waals surface area contributed by atoms with Crippen LogP contribution >= 0.6 is 0 Å². The minimum Gasteiger partial charge on any atom is -0.384 e. The summed E-state index contributed by atoms with van der Waals surface area (Å²) in [5, 5.41) is 0. The van der Waals surface area contributed by atoms with Crippen molar-refractivity contribution in [2.45, 2.75) is 46.0 Å². The highest BCUT2D eigenvalue weighted by Gasteiger charge is 2.28. The third kappa shape index (κ3) is 4.97. The van der Waals surface area contributed by atoms with Crippen LogP contribution < -0.4 is 0 Å². The largest absolute Gasteiger partial charge is 0.384 e. The lowest BCUT2D eigenvalue weighted by atomic mass is 9.80. The maximum absolute atomic E-state index is 5.33. The maximum Gasteiger partial charge on any atom is 0.0540 e. The summed E-state index contributed by atoms with van der Waals surface area (Å²) < 4.78 is 10.7. The Morgan fingerprint density at radius 2 is 1.43 bits per heavy atom. The highest BCUT2D eigenvalue weighted by molar-refractivity contribution is 4.78. The van der Waals surface area contributed by atoms with Gasteiger partial charge in [-0.25, -0.2) is 0 Å². The van der Waals surface area contributed by atoms with Crippen LogP contribution in [0.2, 0.25) is 0 Å². The normalized spacial score (nSPS) is 12.0.